The molecule has 1 amide bonds. The summed E-state index contributed by atoms with van der Waals surface area (Å²) < 4.78 is 5.17. The van der Waals surface area contributed by atoms with Crippen molar-refractivity contribution in [2.45, 2.75) is 12.8 Å². The number of carbonyl (C=O) groups is 3. The number of fused-ring (bicyclic) bond motifs is 3. The lowest BCUT2D eigenvalue weighted by atomic mass is 10.0. The summed E-state index contributed by atoms with van der Waals surface area (Å²) in [7, 11) is 0. The molecule has 31 heavy (non-hydrogen) atoms. The van der Waals surface area contributed by atoms with Crippen molar-refractivity contribution in [3.05, 3.63) is 89.0 Å². The van der Waals surface area contributed by atoms with E-state index in [-0.39, 0.29) is 24.4 Å². The van der Waals surface area contributed by atoms with Gasteiger partial charge in [-0.3, -0.25) is 9.59 Å². The molecular formula is C25H18N2O4. The minimum absolute atomic E-state index is 0.250. The predicted molar refractivity (Wildman–Crippen MR) is 115 cm³/mol. The van der Waals surface area contributed by atoms with Gasteiger partial charge in [-0.2, -0.15) is 5.26 Å². The van der Waals surface area contributed by atoms with Crippen molar-refractivity contribution in [2.24, 2.45) is 0 Å². The second kappa shape index (κ2) is 8.64. The van der Waals surface area contributed by atoms with Gasteiger partial charge in [0.15, 0.2) is 12.4 Å². The van der Waals surface area contributed by atoms with Crippen molar-refractivity contribution in [1.82, 2.24) is 0 Å². The Hall–Kier alpha value is -4.24. The first-order valence-electron chi connectivity index (χ1n) is 9.73. The Morgan fingerprint density at radius 1 is 0.903 bits per heavy atom. The van der Waals surface area contributed by atoms with Gasteiger partial charge in [0.2, 0.25) is 5.91 Å². The molecular weight excluding hydrogens is 392 g/mol. The maximum Gasteiger partial charge on any atom is 0.338 e. The van der Waals surface area contributed by atoms with Crippen molar-refractivity contribution >= 4 is 23.3 Å². The summed E-state index contributed by atoms with van der Waals surface area (Å²) in [4.78, 5) is 36.3. The number of ether oxygens (including phenoxy) is 1. The summed E-state index contributed by atoms with van der Waals surface area (Å²) in [6, 6.07) is 21.5. The Labute approximate surface area is 179 Å². The van der Waals surface area contributed by atoms with Crippen LogP contribution in [0.3, 0.4) is 0 Å². The fourth-order valence-corrected chi connectivity index (χ4v) is 3.56. The molecule has 0 atom stereocenters. The Bertz CT molecular complexity index is 1220. The van der Waals surface area contributed by atoms with E-state index in [1.165, 1.54) is 35.4 Å². The van der Waals surface area contributed by atoms with Crippen molar-refractivity contribution < 1.29 is 19.1 Å². The number of nitrogens with zero attached hydrogens (tertiary/aromatic N) is 1. The Kier molecular flexibility index (Phi) is 5.59. The average Bonchev–Trinajstić information content (AvgIpc) is 3.16. The first-order valence-corrected chi connectivity index (χ1v) is 9.73. The fourth-order valence-electron chi connectivity index (χ4n) is 3.56. The average molecular weight is 410 g/mol. The van der Waals surface area contributed by atoms with Crippen molar-refractivity contribution in [2.75, 3.05) is 11.9 Å². The van der Waals surface area contributed by atoms with E-state index in [0.29, 0.717) is 11.3 Å². The lowest BCUT2D eigenvalue weighted by Gasteiger charge is -2.08. The summed E-state index contributed by atoms with van der Waals surface area (Å²) >= 11 is 0. The van der Waals surface area contributed by atoms with E-state index in [2.05, 4.69) is 11.4 Å². The lowest BCUT2D eigenvalue weighted by molar-refractivity contribution is -0.115. The number of amides is 1. The second-order valence-electron chi connectivity index (χ2n) is 7.17. The Morgan fingerprint density at radius 3 is 2.39 bits per heavy atom. The maximum atomic E-state index is 12.6. The van der Waals surface area contributed by atoms with Crippen LogP contribution < -0.4 is 5.32 Å². The highest BCUT2D eigenvalue weighted by Crippen LogP contribution is 2.36. The molecule has 0 fully saturated rings. The minimum Gasteiger partial charge on any atom is -0.454 e. The highest BCUT2D eigenvalue weighted by molar-refractivity contribution is 6.01. The molecule has 3 aromatic carbocycles. The standard InChI is InChI=1S/C25H18N2O4/c26-12-11-24(29)27-20-9-7-16(8-10-20)25(30)31-15-23(28)19-6-5-18-13-17-3-1-2-4-21(17)22(18)14-19/h1-10,14H,11,13,15H2,(H,27,29). The first kappa shape index (κ1) is 20.0. The molecule has 0 bridgehead atoms. The number of Topliss-reactive ketones (excluding diaryl/α,β-unsaturated/α-hetero) is 1. The first-order chi connectivity index (χ1) is 15.0. The molecule has 4 rings (SSSR count). The molecule has 0 saturated heterocycles. The van der Waals surface area contributed by atoms with E-state index in [1.807, 2.05) is 30.3 Å². The molecule has 0 aromatic heterocycles. The van der Waals surface area contributed by atoms with E-state index < -0.39 is 11.9 Å². The summed E-state index contributed by atoms with van der Waals surface area (Å²) in [6.45, 7) is -0.361. The fraction of sp³-hybridized carbons (Fsp3) is 0.120. The Morgan fingerprint density at radius 2 is 1.61 bits per heavy atom. The molecule has 0 heterocycles. The zero-order valence-corrected chi connectivity index (χ0v) is 16.6. The number of esters is 1. The molecule has 3 aromatic rings. The third kappa shape index (κ3) is 4.36. The molecule has 1 aliphatic carbocycles. The van der Waals surface area contributed by atoms with Gasteiger partial charge in [-0.05, 0) is 59.0 Å². The predicted octanol–water partition coefficient (Wildman–Crippen LogP) is 4.15. The third-order valence-corrected chi connectivity index (χ3v) is 5.10. The Balaban J connectivity index is 1.38. The van der Waals surface area contributed by atoms with Gasteiger partial charge in [-0.25, -0.2) is 4.79 Å². The van der Waals surface area contributed by atoms with Crippen LogP contribution in [-0.4, -0.2) is 24.3 Å². The quantitative estimate of drug-likeness (QED) is 0.380. The van der Waals surface area contributed by atoms with E-state index in [4.69, 9.17) is 10.00 Å². The van der Waals surface area contributed by atoms with Crippen LogP contribution in [0.5, 0.6) is 0 Å². The van der Waals surface area contributed by atoms with Gasteiger partial charge < -0.3 is 10.1 Å². The summed E-state index contributed by atoms with van der Waals surface area (Å²) in [5.74, 6) is -1.34. The van der Waals surface area contributed by atoms with Crippen molar-refractivity contribution in [1.29, 1.82) is 5.26 Å². The van der Waals surface area contributed by atoms with Gasteiger partial charge in [0, 0.05) is 11.3 Å². The normalized spacial score (nSPS) is 11.1. The van der Waals surface area contributed by atoms with Crippen LogP contribution in [0.1, 0.15) is 38.3 Å². The SMILES string of the molecule is N#CCC(=O)Nc1ccc(C(=O)OCC(=O)c2ccc3c(c2)-c2ccccc2C3)cc1. The number of rotatable bonds is 6. The van der Waals surface area contributed by atoms with Crippen LogP contribution in [-0.2, 0) is 16.0 Å². The van der Waals surface area contributed by atoms with Gasteiger partial charge >= 0.3 is 5.97 Å². The van der Waals surface area contributed by atoms with Crippen LogP contribution in [0.25, 0.3) is 11.1 Å². The maximum absolute atomic E-state index is 12.6. The number of nitriles is 1. The molecule has 0 unspecified atom stereocenters. The molecule has 6 nitrogen and oxygen atoms in total. The molecule has 1 aliphatic rings. The number of nitrogens with one attached hydrogen (secondary N) is 1. The number of hydrogen-bond donors (Lipinski definition) is 1. The second-order valence-corrected chi connectivity index (χ2v) is 7.17. The molecule has 0 spiro atoms. The van der Waals surface area contributed by atoms with Crippen LogP contribution in [0.2, 0.25) is 0 Å². The smallest absolute Gasteiger partial charge is 0.338 e. The van der Waals surface area contributed by atoms with Gasteiger partial charge in [0.1, 0.15) is 6.42 Å². The summed E-state index contributed by atoms with van der Waals surface area (Å²) in [6.07, 6.45) is 0.599. The lowest BCUT2D eigenvalue weighted by Crippen LogP contribution is -2.15. The van der Waals surface area contributed by atoms with Gasteiger partial charge in [0.05, 0.1) is 11.6 Å². The van der Waals surface area contributed by atoms with Crippen LogP contribution in [0.15, 0.2) is 66.7 Å². The monoisotopic (exact) mass is 410 g/mol. The number of carbonyl (C=O) groups excluding carboxylic acids is 3. The minimum atomic E-state index is -0.630. The van der Waals surface area contributed by atoms with Gasteiger partial charge in [-0.15, -0.1) is 0 Å². The molecule has 152 valence electrons. The van der Waals surface area contributed by atoms with E-state index in [0.717, 1.165) is 17.5 Å². The highest BCUT2D eigenvalue weighted by Gasteiger charge is 2.20. The number of anilines is 1. The van der Waals surface area contributed by atoms with E-state index >= 15 is 0 Å². The topological polar surface area (TPSA) is 96.3 Å². The highest BCUT2D eigenvalue weighted by atomic mass is 16.5. The number of ketones is 1. The zero-order chi connectivity index (χ0) is 21.8. The van der Waals surface area contributed by atoms with Crippen molar-refractivity contribution in [3.63, 3.8) is 0 Å². The van der Waals surface area contributed by atoms with E-state index in [9.17, 15) is 14.4 Å². The zero-order valence-electron chi connectivity index (χ0n) is 16.6. The van der Waals surface area contributed by atoms with Crippen LogP contribution in [0.4, 0.5) is 5.69 Å². The molecule has 1 N–H and O–H groups in total. The summed E-state index contributed by atoms with van der Waals surface area (Å²) in [5, 5.41) is 11.0. The number of benzene rings is 3. The molecule has 6 heteroatoms. The van der Waals surface area contributed by atoms with Crippen molar-refractivity contribution in [3.8, 4) is 17.2 Å². The molecule has 0 saturated carbocycles. The third-order valence-electron chi connectivity index (χ3n) is 5.10. The largest absolute Gasteiger partial charge is 0.454 e. The van der Waals surface area contributed by atoms with Gasteiger partial charge in [-0.1, -0.05) is 36.4 Å². The van der Waals surface area contributed by atoms with Gasteiger partial charge in [0.25, 0.3) is 0 Å². The molecule has 0 aliphatic heterocycles. The number of hydrogen-bond acceptors (Lipinski definition) is 5. The summed E-state index contributed by atoms with van der Waals surface area (Å²) in [5.41, 5.74) is 5.81. The van der Waals surface area contributed by atoms with Crippen LogP contribution >= 0.6 is 0 Å². The molecule has 0 radical (unpaired) electrons. The van der Waals surface area contributed by atoms with Crippen LogP contribution in [0, 0.1) is 11.3 Å². The van der Waals surface area contributed by atoms with E-state index in [1.54, 1.807) is 12.1 Å².